The minimum atomic E-state index is -0.0125. The van der Waals surface area contributed by atoms with E-state index in [2.05, 4.69) is 12.1 Å². The summed E-state index contributed by atoms with van der Waals surface area (Å²) in [5.74, 6) is 0.476. The van der Waals surface area contributed by atoms with E-state index in [1.807, 2.05) is 18.2 Å². The Bertz CT molecular complexity index is 279. The minimum Gasteiger partial charge on any atom is -0.396 e. The molecule has 0 radical (unpaired) electrons. The fourth-order valence-electron chi connectivity index (χ4n) is 1.97. The van der Waals surface area contributed by atoms with Gasteiger partial charge in [0.1, 0.15) is 0 Å². The van der Waals surface area contributed by atoms with Crippen LogP contribution in [-0.2, 0) is 0 Å². The largest absolute Gasteiger partial charge is 0.396 e. The number of hydrogen-bond donors (Lipinski definition) is 2. The zero-order valence-corrected chi connectivity index (χ0v) is 7.61. The van der Waals surface area contributed by atoms with Gasteiger partial charge in [-0.1, -0.05) is 30.3 Å². The van der Waals surface area contributed by atoms with E-state index in [0.717, 1.165) is 6.42 Å². The van der Waals surface area contributed by atoms with Crippen LogP contribution in [0.2, 0.25) is 0 Å². The first-order chi connectivity index (χ1) is 6.32. The van der Waals surface area contributed by atoms with E-state index >= 15 is 0 Å². The number of aliphatic hydroxyl groups is 1. The van der Waals surface area contributed by atoms with E-state index in [9.17, 15) is 5.11 Å². The molecule has 0 unspecified atom stereocenters. The Kier molecular flexibility index (Phi) is 2.10. The van der Waals surface area contributed by atoms with Crippen molar-refractivity contribution in [2.75, 3.05) is 13.2 Å². The summed E-state index contributed by atoms with van der Waals surface area (Å²) >= 11 is 0. The topological polar surface area (TPSA) is 46.2 Å². The van der Waals surface area contributed by atoms with Crippen molar-refractivity contribution in [3.05, 3.63) is 35.9 Å². The second kappa shape index (κ2) is 3.13. The van der Waals surface area contributed by atoms with Crippen molar-refractivity contribution in [2.24, 2.45) is 11.1 Å². The SMILES string of the molecule is NC[C@]1(CO)C[C@H]1c1ccccc1. The lowest BCUT2D eigenvalue weighted by molar-refractivity contribution is 0.211. The second-order valence-corrected chi connectivity index (χ2v) is 3.89. The molecule has 0 saturated heterocycles. The van der Waals surface area contributed by atoms with Crippen LogP contribution in [0.4, 0.5) is 0 Å². The van der Waals surface area contributed by atoms with E-state index in [0.29, 0.717) is 12.5 Å². The Morgan fingerprint density at radius 1 is 1.38 bits per heavy atom. The van der Waals surface area contributed by atoms with E-state index in [-0.39, 0.29) is 12.0 Å². The van der Waals surface area contributed by atoms with Crippen LogP contribution >= 0.6 is 0 Å². The first-order valence-electron chi connectivity index (χ1n) is 4.68. The van der Waals surface area contributed by atoms with Crippen LogP contribution in [0, 0.1) is 5.41 Å². The third-order valence-corrected chi connectivity index (χ3v) is 3.11. The average Bonchev–Trinajstić information content (AvgIpc) is 2.95. The van der Waals surface area contributed by atoms with Gasteiger partial charge in [-0.25, -0.2) is 0 Å². The summed E-state index contributed by atoms with van der Waals surface area (Å²) in [6, 6.07) is 10.3. The molecule has 1 saturated carbocycles. The number of rotatable bonds is 3. The second-order valence-electron chi connectivity index (χ2n) is 3.89. The first kappa shape index (κ1) is 8.73. The van der Waals surface area contributed by atoms with Crippen molar-refractivity contribution >= 4 is 0 Å². The molecule has 2 heteroatoms. The molecule has 13 heavy (non-hydrogen) atoms. The lowest BCUT2D eigenvalue weighted by atomic mass is 10.0. The highest BCUT2D eigenvalue weighted by Crippen LogP contribution is 2.58. The summed E-state index contributed by atoms with van der Waals surface area (Å²) in [7, 11) is 0. The van der Waals surface area contributed by atoms with Crippen LogP contribution in [0.1, 0.15) is 17.9 Å². The number of nitrogens with two attached hydrogens (primary N) is 1. The van der Waals surface area contributed by atoms with E-state index in [1.165, 1.54) is 5.56 Å². The molecular formula is C11H15NO. The maximum absolute atomic E-state index is 9.21. The molecule has 0 spiro atoms. The molecule has 1 aromatic rings. The lowest BCUT2D eigenvalue weighted by Crippen LogP contribution is -2.21. The number of hydrogen-bond acceptors (Lipinski definition) is 2. The minimum absolute atomic E-state index is 0.0125. The monoisotopic (exact) mass is 177 g/mol. The molecule has 0 bridgehead atoms. The molecule has 1 aromatic carbocycles. The quantitative estimate of drug-likeness (QED) is 0.726. The maximum Gasteiger partial charge on any atom is 0.0505 e. The molecule has 2 rings (SSSR count). The predicted molar refractivity (Wildman–Crippen MR) is 52.4 cm³/mol. The Balaban J connectivity index is 2.15. The standard InChI is InChI=1S/C11H15NO/c12-7-11(8-13)6-10(11)9-4-2-1-3-5-9/h1-5,10,13H,6-8,12H2/t10-,11-/m0/s1. The third kappa shape index (κ3) is 1.36. The highest BCUT2D eigenvalue weighted by molar-refractivity contribution is 5.30. The molecule has 70 valence electrons. The molecule has 1 aliphatic rings. The van der Waals surface area contributed by atoms with Gasteiger partial charge in [0.15, 0.2) is 0 Å². The fraction of sp³-hybridized carbons (Fsp3) is 0.455. The third-order valence-electron chi connectivity index (χ3n) is 3.11. The molecule has 1 fully saturated rings. The molecule has 3 N–H and O–H groups in total. The Labute approximate surface area is 78.4 Å². The summed E-state index contributed by atoms with van der Waals surface area (Å²) < 4.78 is 0. The molecular weight excluding hydrogens is 162 g/mol. The number of benzene rings is 1. The molecule has 1 aliphatic carbocycles. The zero-order chi connectivity index (χ0) is 9.31. The maximum atomic E-state index is 9.21. The van der Waals surface area contributed by atoms with Gasteiger partial charge in [0.2, 0.25) is 0 Å². The molecule has 2 nitrogen and oxygen atoms in total. The molecule has 0 amide bonds. The van der Waals surface area contributed by atoms with Crippen LogP contribution < -0.4 is 5.73 Å². The van der Waals surface area contributed by atoms with Gasteiger partial charge in [-0.15, -0.1) is 0 Å². The van der Waals surface area contributed by atoms with Crippen molar-refractivity contribution in [3.8, 4) is 0 Å². The van der Waals surface area contributed by atoms with Gasteiger partial charge in [-0.3, -0.25) is 0 Å². The summed E-state index contributed by atoms with van der Waals surface area (Å²) in [4.78, 5) is 0. The Morgan fingerprint density at radius 3 is 2.54 bits per heavy atom. The summed E-state index contributed by atoms with van der Waals surface area (Å²) in [5.41, 5.74) is 6.94. The van der Waals surface area contributed by atoms with Gasteiger partial charge in [0.25, 0.3) is 0 Å². The van der Waals surface area contributed by atoms with Crippen molar-refractivity contribution in [1.29, 1.82) is 0 Å². The molecule has 0 aromatic heterocycles. The van der Waals surface area contributed by atoms with Crippen LogP contribution in [0.15, 0.2) is 30.3 Å². The van der Waals surface area contributed by atoms with Gasteiger partial charge >= 0.3 is 0 Å². The summed E-state index contributed by atoms with van der Waals surface area (Å²) in [6.45, 7) is 0.798. The predicted octanol–water partition coefficient (Wildman–Crippen LogP) is 1.11. The normalized spacial score (nSPS) is 31.7. The molecule has 0 aliphatic heterocycles. The number of aliphatic hydroxyl groups excluding tert-OH is 1. The van der Waals surface area contributed by atoms with Gasteiger partial charge in [-0.2, -0.15) is 0 Å². The molecule has 0 heterocycles. The Hall–Kier alpha value is -0.860. The van der Waals surface area contributed by atoms with E-state index < -0.39 is 0 Å². The van der Waals surface area contributed by atoms with Crippen molar-refractivity contribution in [1.82, 2.24) is 0 Å². The van der Waals surface area contributed by atoms with Crippen LogP contribution in [0.25, 0.3) is 0 Å². The van der Waals surface area contributed by atoms with E-state index in [4.69, 9.17) is 5.73 Å². The van der Waals surface area contributed by atoms with Gasteiger partial charge in [-0.05, 0) is 17.9 Å². The van der Waals surface area contributed by atoms with Crippen molar-refractivity contribution in [3.63, 3.8) is 0 Å². The van der Waals surface area contributed by atoms with Crippen LogP contribution in [-0.4, -0.2) is 18.3 Å². The average molecular weight is 177 g/mol. The van der Waals surface area contributed by atoms with Crippen molar-refractivity contribution in [2.45, 2.75) is 12.3 Å². The van der Waals surface area contributed by atoms with Gasteiger partial charge in [0.05, 0.1) is 6.61 Å². The fourth-order valence-corrected chi connectivity index (χ4v) is 1.97. The van der Waals surface area contributed by atoms with Crippen LogP contribution in [0.5, 0.6) is 0 Å². The zero-order valence-electron chi connectivity index (χ0n) is 7.61. The van der Waals surface area contributed by atoms with Crippen molar-refractivity contribution < 1.29 is 5.11 Å². The van der Waals surface area contributed by atoms with Gasteiger partial charge < -0.3 is 10.8 Å². The Morgan fingerprint density at radius 2 is 2.08 bits per heavy atom. The highest BCUT2D eigenvalue weighted by Gasteiger charge is 2.53. The lowest BCUT2D eigenvalue weighted by Gasteiger charge is -2.10. The smallest absolute Gasteiger partial charge is 0.0505 e. The summed E-state index contributed by atoms with van der Waals surface area (Å²) in [5, 5.41) is 9.21. The van der Waals surface area contributed by atoms with Crippen LogP contribution in [0.3, 0.4) is 0 Å². The summed E-state index contributed by atoms with van der Waals surface area (Å²) in [6.07, 6.45) is 1.03. The van der Waals surface area contributed by atoms with Gasteiger partial charge in [0, 0.05) is 12.0 Å². The van der Waals surface area contributed by atoms with E-state index in [1.54, 1.807) is 0 Å². The first-order valence-corrected chi connectivity index (χ1v) is 4.68. The highest BCUT2D eigenvalue weighted by atomic mass is 16.3. The molecule has 2 atom stereocenters.